The number of quaternary nitrogens is 1. The number of hydrogen-bond donors (Lipinski definition) is 1. The Kier molecular flexibility index (Phi) is 3.82. The summed E-state index contributed by atoms with van der Waals surface area (Å²) >= 11 is 0. The van der Waals surface area contributed by atoms with Gasteiger partial charge < -0.3 is 0 Å². The SMILES string of the molecule is CCCCC[N+](C)(C)O. The molecule has 0 saturated carbocycles. The first kappa shape index (κ1) is 8.92. The van der Waals surface area contributed by atoms with Gasteiger partial charge in [0.1, 0.15) is 6.54 Å². The molecule has 0 aromatic heterocycles. The van der Waals surface area contributed by atoms with E-state index in [1.54, 1.807) is 14.1 Å². The van der Waals surface area contributed by atoms with Gasteiger partial charge in [-0.05, 0) is 12.8 Å². The quantitative estimate of drug-likeness (QED) is 0.350. The van der Waals surface area contributed by atoms with Crippen LogP contribution >= 0.6 is 0 Å². The standard InChI is InChI=1S/C7H18NO/c1-4-5-6-7-8(2,3)9/h9H,4-7H2,1-3H3/q+1. The van der Waals surface area contributed by atoms with Crippen LogP contribution in [0.1, 0.15) is 26.2 Å². The van der Waals surface area contributed by atoms with Crippen molar-refractivity contribution in [3.63, 3.8) is 0 Å². The molecule has 0 rings (SSSR count). The third kappa shape index (κ3) is 7.92. The smallest absolute Gasteiger partial charge is 0.108 e. The lowest BCUT2D eigenvalue weighted by atomic mass is 10.2. The maximum absolute atomic E-state index is 9.18. The molecule has 0 saturated heterocycles. The first-order valence-corrected chi connectivity index (χ1v) is 3.62. The summed E-state index contributed by atoms with van der Waals surface area (Å²) < 4.78 is 0.111. The van der Waals surface area contributed by atoms with E-state index in [4.69, 9.17) is 0 Å². The normalized spacial score (nSPS) is 12.0. The molecule has 0 aliphatic carbocycles. The topological polar surface area (TPSA) is 20.2 Å². The van der Waals surface area contributed by atoms with Crippen LogP contribution in [0.2, 0.25) is 0 Å². The zero-order chi connectivity index (χ0) is 7.33. The molecule has 0 heterocycles. The van der Waals surface area contributed by atoms with Crippen molar-refractivity contribution >= 4 is 0 Å². The molecule has 0 fully saturated rings. The van der Waals surface area contributed by atoms with Gasteiger partial charge in [0, 0.05) is 0 Å². The van der Waals surface area contributed by atoms with E-state index in [1.165, 1.54) is 12.8 Å². The van der Waals surface area contributed by atoms with Crippen LogP contribution in [-0.2, 0) is 0 Å². The van der Waals surface area contributed by atoms with Crippen LogP contribution in [0.3, 0.4) is 0 Å². The minimum Gasteiger partial charge on any atom is -0.217 e. The molecular weight excluding hydrogens is 114 g/mol. The molecule has 0 aliphatic heterocycles. The Morgan fingerprint density at radius 2 is 1.78 bits per heavy atom. The summed E-state index contributed by atoms with van der Waals surface area (Å²) in [6.07, 6.45) is 3.57. The molecule has 56 valence electrons. The lowest BCUT2D eigenvalue weighted by Gasteiger charge is -2.18. The molecule has 0 aromatic rings. The zero-order valence-corrected chi connectivity index (χ0v) is 6.72. The lowest BCUT2D eigenvalue weighted by Crippen LogP contribution is -2.36. The number of hydroxylamine groups is 3. The van der Waals surface area contributed by atoms with Crippen LogP contribution in [0, 0.1) is 0 Å². The number of nitrogens with zero attached hydrogens (tertiary/aromatic N) is 1. The number of rotatable bonds is 4. The molecule has 0 aromatic carbocycles. The predicted molar refractivity (Wildman–Crippen MR) is 38.3 cm³/mol. The Bertz CT molecular complexity index is 65.8. The van der Waals surface area contributed by atoms with Gasteiger partial charge >= 0.3 is 0 Å². The van der Waals surface area contributed by atoms with Gasteiger partial charge in [0.2, 0.25) is 0 Å². The van der Waals surface area contributed by atoms with Gasteiger partial charge in [-0.3, -0.25) is 0 Å². The van der Waals surface area contributed by atoms with Gasteiger partial charge in [-0.1, -0.05) is 13.3 Å². The molecule has 2 heteroatoms. The fourth-order valence-corrected chi connectivity index (χ4v) is 0.749. The molecule has 1 N–H and O–H groups in total. The van der Waals surface area contributed by atoms with Crippen molar-refractivity contribution in [3.8, 4) is 0 Å². The fourth-order valence-electron chi connectivity index (χ4n) is 0.749. The minimum absolute atomic E-state index is 0.111. The van der Waals surface area contributed by atoms with E-state index in [2.05, 4.69) is 6.92 Å². The van der Waals surface area contributed by atoms with Gasteiger partial charge in [-0.15, -0.1) is 0 Å². The van der Waals surface area contributed by atoms with Crippen molar-refractivity contribution in [3.05, 3.63) is 0 Å². The molecule has 2 nitrogen and oxygen atoms in total. The third-order valence-electron chi connectivity index (χ3n) is 1.31. The van der Waals surface area contributed by atoms with E-state index in [9.17, 15) is 5.21 Å². The molecule has 0 spiro atoms. The molecular formula is C7H18NO+. The summed E-state index contributed by atoms with van der Waals surface area (Å²) in [5.74, 6) is 0. The van der Waals surface area contributed by atoms with Crippen LogP contribution < -0.4 is 0 Å². The summed E-state index contributed by atoms with van der Waals surface area (Å²) in [5, 5.41) is 9.18. The van der Waals surface area contributed by atoms with Gasteiger partial charge in [-0.25, -0.2) is 5.21 Å². The third-order valence-corrected chi connectivity index (χ3v) is 1.31. The van der Waals surface area contributed by atoms with Gasteiger partial charge in [0.15, 0.2) is 0 Å². The van der Waals surface area contributed by atoms with Crippen molar-refractivity contribution in [2.45, 2.75) is 26.2 Å². The predicted octanol–water partition coefficient (Wildman–Crippen LogP) is 1.64. The molecule has 0 aliphatic rings. The number of unbranched alkanes of at least 4 members (excludes halogenated alkanes) is 2. The highest BCUT2D eigenvalue weighted by molar-refractivity contribution is 4.33. The van der Waals surface area contributed by atoms with Crippen LogP contribution in [0.4, 0.5) is 0 Å². The monoisotopic (exact) mass is 132 g/mol. The number of hydrogen-bond acceptors (Lipinski definition) is 1. The van der Waals surface area contributed by atoms with Crippen LogP contribution in [0.15, 0.2) is 0 Å². The van der Waals surface area contributed by atoms with Crippen molar-refractivity contribution in [1.82, 2.24) is 0 Å². The highest BCUT2D eigenvalue weighted by Gasteiger charge is 2.07. The minimum atomic E-state index is 0.111. The van der Waals surface area contributed by atoms with E-state index in [-0.39, 0.29) is 4.65 Å². The first-order chi connectivity index (χ1) is 4.06. The molecule has 0 atom stereocenters. The van der Waals surface area contributed by atoms with Crippen LogP contribution in [-0.4, -0.2) is 30.5 Å². The van der Waals surface area contributed by atoms with Gasteiger partial charge in [-0.2, -0.15) is 4.65 Å². The summed E-state index contributed by atoms with van der Waals surface area (Å²) in [6.45, 7) is 3.03. The summed E-state index contributed by atoms with van der Waals surface area (Å²) in [7, 11) is 3.60. The molecule has 0 amide bonds. The first-order valence-electron chi connectivity index (χ1n) is 3.62. The Morgan fingerprint density at radius 1 is 1.22 bits per heavy atom. The van der Waals surface area contributed by atoms with E-state index in [0.717, 1.165) is 13.0 Å². The van der Waals surface area contributed by atoms with E-state index in [0.29, 0.717) is 0 Å². The second-order valence-electron chi connectivity index (χ2n) is 3.05. The van der Waals surface area contributed by atoms with Crippen LogP contribution in [0.25, 0.3) is 0 Å². The molecule has 0 radical (unpaired) electrons. The average Bonchev–Trinajstić information content (AvgIpc) is 1.63. The second-order valence-corrected chi connectivity index (χ2v) is 3.05. The van der Waals surface area contributed by atoms with Crippen molar-refractivity contribution in [2.75, 3.05) is 20.6 Å². The Labute approximate surface area is 57.6 Å². The van der Waals surface area contributed by atoms with Crippen LogP contribution in [0.5, 0.6) is 0 Å². The van der Waals surface area contributed by atoms with Gasteiger partial charge in [0.05, 0.1) is 14.1 Å². The molecule has 9 heavy (non-hydrogen) atoms. The highest BCUT2D eigenvalue weighted by atomic mass is 16.5. The second kappa shape index (κ2) is 3.85. The van der Waals surface area contributed by atoms with Crippen molar-refractivity contribution < 1.29 is 9.85 Å². The summed E-state index contributed by atoms with van der Waals surface area (Å²) in [5.41, 5.74) is 0. The lowest BCUT2D eigenvalue weighted by molar-refractivity contribution is -1.07. The Morgan fingerprint density at radius 3 is 2.11 bits per heavy atom. The Hall–Kier alpha value is -0.0800. The fraction of sp³-hybridized carbons (Fsp3) is 1.00. The summed E-state index contributed by atoms with van der Waals surface area (Å²) in [6, 6.07) is 0. The summed E-state index contributed by atoms with van der Waals surface area (Å²) in [4.78, 5) is 0. The highest BCUT2D eigenvalue weighted by Crippen LogP contribution is 1.98. The molecule has 0 unspecified atom stereocenters. The average molecular weight is 132 g/mol. The Balaban J connectivity index is 3.07. The largest absolute Gasteiger partial charge is 0.217 e. The van der Waals surface area contributed by atoms with Gasteiger partial charge in [0.25, 0.3) is 0 Å². The van der Waals surface area contributed by atoms with E-state index < -0.39 is 0 Å². The van der Waals surface area contributed by atoms with E-state index in [1.807, 2.05) is 0 Å². The zero-order valence-electron chi connectivity index (χ0n) is 6.72. The van der Waals surface area contributed by atoms with Crippen molar-refractivity contribution in [1.29, 1.82) is 0 Å². The maximum Gasteiger partial charge on any atom is 0.108 e. The maximum atomic E-state index is 9.18. The molecule has 0 bridgehead atoms. The van der Waals surface area contributed by atoms with E-state index >= 15 is 0 Å². The van der Waals surface area contributed by atoms with Crippen molar-refractivity contribution in [2.24, 2.45) is 0 Å².